The molecule has 0 spiro atoms. The zero-order valence-corrected chi connectivity index (χ0v) is 18.4. The Kier molecular flexibility index (Phi) is 6.55. The molecule has 0 unspecified atom stereocenters. The number of benzene rings is 2. The summed E-state index contributed by atoms with van der Waals surface area (Å²) in [6.45, 7) is 0. The molecule has 0 aliphatic heterocycles. The van der Waals surface area contributed by atoms with Crippen molar-refractivity contribution in [1.82, 2.24) is 0 Å². The number of halogens is 2. The normalized spacial score (nSPS) is 17.4. The van der Waals surface area contributed by atoms with E-state index in [2.05, 4.69) is 31.9 Å². The van der Waals surface area contributed by atoms with Crippen molar-refractivity contribution < 1.29 is 14.3 Å². The molecule has 0 amide bonds. The van der Waals surface area contributed by atoms with Gasteiger partial charge in [-0.25, -0.2) is 0 Å². The van der Waals surface area contributed by atoms with Crippen LogP contribution in [0, 0.1) is 0 Å². The van der Waals surface area contributed by atoms with Crippen molar-refractivity contribution >= 4 is 49.8 Å². The molecular weight excluding hydrogens is 472 g/mol. The van der Waals surface area contributed by atoms with E-state index in [1.807, 2.05) is 48.6 Å². The van der Waals surface area contributed by atoms with Crippen LogP contribution in [0.3, 0.4) is 0 Å². The Morgan fingerprint density at radius 1 is 0.815 bits per heavy atom. The van der Waals surface area contributed by atoms with E-state index in [0.717, 1.165) is 62.0 Å². The highest BCUT2D eigenvalue weighted by molar-refractivity contribution is 9.10. The minimum Gasteiger partial charge on any atom is -0.496 e. The maximum atomic E-state index is 13.1. The van der Waals surface area contributed by atoms with Gasteiger partial charge in [-0.1, -0.05) is 31.9 Å². The van der Waals surface area contributed by atoms with Gasteiger partial charge in [-0.15, -0.1) is 0 Å². The summed E-state index contributed by atoms with van der Waals surface area (Å²) in [4.78, 5) is 13.1. The summed E-state index contributed by atoms with van der Waals surface area (Å²) in [5.74, 6) is 1.59. The number of ketones is 1. The Balaban J connectivity index is 1.97. The van der Waals surface area contributed by atoms with Gasteiger partial charge in [-0.3, -0.25) is 4.79 Å². The summed E-state index contributed by atoms with van der Waals surface area (Å²) < 4.78 is 12.8. The maximum absolute atomic E-state index is 13.1. The van der Waals surface area contributed by atoms with E-state index in [0.29, 0.717) is 0 Å². The first-order valence-electron chi connectivity index (χ1n) is 8.64. The quantitative estimate of drug-likeness (QED) is 0.461. The molecule has 27 heavy (non-hydrogen) atoms. The third-order valence-corrected chi connectivity index (χ3v) is 5.50. The molecule has 3 nitrogen and oxygen atoms in total. The van der Waals surface area contributed by atoms with Crippen molar-refractivity contribution in [3.05, 3.63) is 67.6 Å². The fraction of sp³-hybridized carbons (Fsp3) is 0.227. The molecule has 5 heteroatoms. The lowest BCUT2D eigenvalue weighted by atomic mass is 9.86. The molecule has 3 rings (SSSR count). The molecule has 0 aromatic heterocycles. The molecule has 1 fully saturated rings. The number of carbonyl (C=O) groups is 1. The van der Waals surface area contributed by atoms with Gasteiger partial charge >= 0.3 is 0 Å². The fourth-order valence-electron chi connectivity index (χ4n) is 3.19. The Morgan fingerprint density at radius 3 is 1.67 bits per heavy atom. The fourth-order valence-corrected chi connectivity index (χ4v) is 3.95. The van der Waals surface area contributed by atoms with E-state index in [4.69, 9.17) is 9.47 Å². The zero-order chi connectivity index (χ0) is 19.4. The summed E-state index contributed by atoms with van der Waals surface area (Å²) in [6.07, 6.45) is 6.35. The van der Waals surface area contributed by atoms with Crippen LogP contribution >= 0.6 is 31.9 Å². The van der Waals surface area contributed by atoms with Gasteiger partial charge < -0.3 is 9.47 Å². The second-order valence-corrected chi connectivity index (χ2v) is 8.13. The molecule has 1 aliphatic carbocycles. The van der Waals surface area contributed by atoms with Crippen LogP contribution in [-0.2, 0) is 4.79 Å². The van der Waals surface area contributed by atoms with Gasteiger partial charge in [0.1, 0.15) is 11.5 Å². The van der Waals surface area contributed by atoms with E-state index >= 15 is 0 Å². The second kappa shape index (κ2) is 8.89. The van der Waals surface area contributed by atoms with Crippen molar-refractivity contribution in [3.63, 3.8) is 0 Å². The standard InChI is InChI=1S/C22H20Br2O3/c1-26-20-8-6-18(23)12-16(20)10-14-4-3-5-15(22(14)25)11-17-13-19(24)7-9-21(17)27-2/h6-13H,3-5H2,1-2H3/b14-10+,15-11+. The summed E-state index contributed by atoms with van der Waals surface area (Å²) in [6, 6.07) is 11.6. The molecule has 0 saturated heterocycles. The SMILES string of the molecule is COc1ccc(Br)cc1/C=C1\CCC/C(=C\c2cc(Br)ccc2OC)C1=O. The molecule has 2 aromatic rings. The largest absolute Gasteiger partial charge is 0.496 e. The van der Waals surface area contributed by atoms with Crippen LogP contribution < -0.4 is 9.47 Å². The van der Waals surface area contributed by atoms with Gasteiger partial charge in [0.05, 0.1) is 14.2 Å². The van der Waals surface area contributed by atoms with Gasteiger partial charge in [0.2, 0.25) is 0 Å². The number of hydrogen-bond donors (Lipinski definition) is 0. The highest BCUT2D eigenvalue weighted by Crippen LogP contribution is 2.33. The summed E-state index contributed by atoms with van der Waals surface area (Å²) in [5.41, 5.74) is 3.41. The summed E-state index contributed by atoms with van der Waals surface area (Å²) in [7, 11) is 3.28. The van der Waals surface area contributed by atoms with Crippen molar-refractivity contribution in [3.8, 4) is 11.5 Å². The summed E-state index contributed by atoms with van der Waals surface area (Å²) in [5, 5.41) is 0. The first-order chi connectivity index (χ1) is 13.0. The molecular formula is C22H20Br2O3. The van der Waals surface area contributed by atoms with Crippen molar-refractivity contribution in [1.29, 1.82) is 0 Å². The highest BCUT2D eigenvalue weighted by atomic mass is 79.9. The molecule has 0 heterocycles. The van der Waals surface area contributed by atoms with Crippen LogP contribution in [0.25, 0.3) is 12.2 Å². The van der Waals surface area contributed by atoms with Crippen LogP contribution in [0.5, 0.6) is 11.5 Å². The Bertz CT molecular complexity index is 856. The first-order valence-corrected chi connectivity index (χ1v) is 10.2. The third kappa shape index (κ3) is 4.71. The lowest BCUT2D eigenvalue weighted by Gasteiger charge is -2.18. The summed E-state index contributed by atoms with van der Waals surface area (Å²) >= 11 is 6.97. The van der Waals surface area contributed by atoms with Crippen LogP contribution in [-0.4, -0.2) is 20.0 Å². The number of rotatable bonds is 4. The van der Waals surface area contributed by atoms with Gasteiger partial charge in [0.15, 0.2) is 5.78 Å². The van der Waals surface area contributed by atoms with Crippen LogP contribution in [0.1, 0.15) is 30.4 Å². The number of ether oxygens (including phenoxy) is 2. The van der Waals surface area contributed by atoms with E-state index < -0.39 is 0 Å². The number of methoxy groups -OCH3 is 2. The number of hydrogen-bond acceptors (Lipinski definition) is 3. The molecule has 0 radical (unpaired) electrons. The third-order valence-electron chi connectivity index (χ3n) is 4.52. The molecule has 140 valence electrons. The second-order valence-electron chi connectivity index (χ2n) is 6.29. The number of allylic oxidation sites excluding steroid dienone is 2. The van der Waals surface area contributed by atoms with Crippen LogP contribution in [0.4, 0.5) is 0 Å². The molecule has 0 N–H and O–H groups in total. The van der Waals surface area contributed by atoms with Crippen molar-refractivity contribution in [2.75, 3.05) is 14.2 Å². The highest BCUT2D eigenvalue weighted by Gasteiger charge is 2.21. The van der Waals surface area contributed by atoms with Gasteiger partial charge in [0, 0.05) is 31.2 Å². The Labute approximate surface area is 176 Å². The van der Waals surface area contributed by atoms with Gasteiger partial charge in [-0.2, -0.15) is 0 Å². The monoisotopic (exact) mass is 490 g/mol. The Hall–Kier alpha value is -1.85. The predicted molar refractivity (Wildman–Crippen MR) is 116 cm³/mol. The average Bonchev–Trinajstić information content (AvgIpc) is 2.65. The molecule has 1 saturated carbocycles. The molecule has 0 bridgehead atoms. The van der Waals surface area contributed by atoms with Crippen molar-refractivity contribution in [2.45, 2.75) is 19.3 Å². The maximum Gasteiger partial charge on any atom is 0.185 e. The lowest BCUT2D eigenvalue weighted by Crippen LogP contribution is -2.12. The van der Waals surface area contributed by atoms with Crippen LogP contribution in [0.15, 0.2) is 56.5 Å². The molecule has 0 atom stereocenters. The smallest absolute Gasteiger partial charge is 0.185 e. The predicted octanol–water partition coefficient (Wildman–Crippen LogP) is 6.45. The van der Waals surface area contributed by atoms with Gasteiger partial charge in [-0.05, 0) is 67.8 Å². The number of Topliss-reactive ketones (excluding diaryl/α,β-unsaturated/α-hetero) is 1. The average molecular weight is 492 g/mol. The van der Waals surface area contributed by atoms with Gasteiger partial charge in [0.25, 0.3) is 0 Å². The topological polar surface area (TPSA) is 35.5 Å². The first kappa shape index (κ1) is 19.9. The van der Waals surface area contributed by atoms with E-state index in [-0.39, 0.29) is 5.78 Å². The van der Waals surface area contributed by atoms with E-state index in [1.54, 1.807) is 14.2 Å². The minimum atomic E-state index is 0.0882. The zero-order valence-electron chi connectivity index (χ0n) is 15.2. The lowest BCUT2D eigenvalue weighted by molar-refractivity contribution is -0.112. The molecule has 1 aliphatic rings. The number of carbonyl (C=O) groups excluding carboxylic acids is 1. The molecule has 2 aromatic carbocycles. The van der Waals surface area contributed by atoms with Crippen LogP contribution in [0.2, 0.25) is 0 Å². The van der Waals surface area contributed by atoms with Crippen molar-refractivity contribution in [2.24, 2.45) is 0 Å². The minimum absolute atomic E-state index is 0.0882. The van der Waals surface area contributed by atoms with E-state index in [1.165, 1.54) is 0 Å². The Morgan fingerprint density at radius 2 is 1.26 bits per heavy atom. The van der Waals surface area contributed by atoms with E-state index in [9.17, 15) is 4.79 Å².